The van der Waals surface area contributed by atoms with Crippen molar-refractivity contribution in [1.82, 2.24) is 20.1 Å². The first-order valence-electron chi connectivity index (χ1n) is 6.42. The molecule has 2 aromatic heterocycles. The van der Waals surface area contributed by atoms with Gasteiger partial charge < -0.3 is 14.9 Å². The molecule has 21 heavy (non-hydrogen) atoms. The summed E-state index contributed by atoms with van der Waals surface area (Å²) < 4.78 is 5.24. The Morgan fingerprint density at radius 1 is 1.14 bits per heavy atom. The van der Waals surface area contributed by atoms with Crippen molar-refractivity contribution in [2.45, 2.75) is 0 Å². The van der Waals surface area contributed by atoms with Crippen molar-refractivity contribution >= 4 is 5.69 Å². The Balaban J connectivity index is 1.80. The first-order valence-corrected chi connectivity index (χ1v) is 6.42. The van der Waals surface area contributed by atoms with E-state index in [0.717, 1.165) is 11.3 Å². The summed E-state index contributed by atoms with van der Waals surface area (Å²) in [6.07, 6.45) is 4.74. The van der Waals surface area contributed by atoms with Gasteiger partial charge in [0.25, 0.3) is 5.89 Å². The summed E-state index contributed by atoms with van der Waals surface area (Å²) >= 11 is 0. The summed E-state index contributed by atoms with van der Waals surface area (Å²) in [7, 11) is 0. The molecule has 0 saturated carbocycles. The molecule has 7 nitrogen and oxygen atoms in total. The lowest BCUT2D eigenvalue weighted by Crippen LogP contribution is -2.04. The van der Waals surface area contributed by atoms with E-state index < -0.39 is 0 Å². The number of hydrogen-bond acceptors (Lipinski definition) is 7. The number of aliphatic hydroxyl groups excluding tert-OH is 1. The molecular formula is C14H13N5O2. The van der Waals surface area contributed by atoms with Crippen LogP contribution in [-0.2, 0) is 0 Å². The van der Waals surface area contributed by atoms with E-state index in [9.17, 15) is 0 Å². The molecule has 3 rings (SSSR count). The summed E-state index contributed by atoms with van der Waals surface area (Å²) in [5.74, 6) is 0.824. The molecule has 2 heterocycles. The first-order chi connectivity index (χ1) is 10.4. The molecule has 0 unspecified atom stereocenters. The minimum atomic E-state index is 0.0902. The van der Waals surface area contributed by atoms with Gasteiger partial charge in [0.15, 0.2) is 0 Å². The number of nitrogens with zero attached hydrogens (tertiary/aromatic N) is 4. The van der Waals surface area contributed by atoms with Crippen molar-refractivity contribution in [2.75, 3.05) is 18.5 Å². The van der Waals surface area contributed by atoms with Gasteiger partial charge >= 0.3 is 0 Å². The Morgan fingerprint density at radius 2 is 2.00 bits per heavy atom. The fourth-order valence-corrected chi connectivity index (χ4v) is 1.79. The molecule has 0 fully saturated rings. The van der Waals surface area contributed by atoms with Crippen LogP contribution >= 0.6 is 0 Å². The fourth-order valence-electron chi connectivity index (χ4n) is 1.79. The summed E-state index contributed by atoms with van der Waals surface area (Å²) in [6, 6.07) is 7.51. The minimum Gasteiger partial charge on any atom is -0.395 e. The largest absolute Gasteiger partial charge is 0.395 e. The second-order valence-corrected chi connectivity index (χ2v) is 4.24. The van der Waals surface area contributed by atoms with Crippen molar-refractivity contribution in [3.63, 3.8) is 0 Å². The van der Waals surface area contributed by atoms with E-state index in [1.807, 2.05) is 24.3 Å². The Bertz CT molecular complexity index is 697. The molecule has 7 heteroatoms. The molecule has 0 aliphatic heterocycles. The number of rotatable bonds is 5. The molecule has 0 spiro atoms. The third-order valence-electron chi connectivity index (χ3n) is 2.79. The van der Waals surface area contributed by atoms with Crippen LogP contribution in [0.2, 0.25) is 0 Å². The van der Waals surface area contributed by atoms with E-state index in [0.29, 0.717) is 24.0 Å². The van der Waals surface area contributed by atoms with Crippen LogP contribution in [0.3, 0.4) is 0 Å². The Morgan fingerprint density at radius 3 is 2.71 bits per heavy atom. The van der Waals surface area contributed by atoms with Gasteiger partial charge in [-0.1, -0.05) is 5.16 Å². The Hall–Kier alpha value is -2.80. The zero-order valence-electron chi connectivity index (χ0n) is 11.1. The van der Waals surface area contributed by atoms with Crippen molar-refractivity contribution in [1.29, 1.82) is 0 Å². The number of nitrogens with one attached hydrogen (secondary N) is 1. The van der Waals surface area contributed by atoms with Gasteiger partial charge in [-0.05, 0) is 24.3 Å². The molecule has 0 saturated heterocycles. The molecule has 0 aliphatic rings. The van der Waals surface area contributed by atoms with Crippen molar-refractivity contribution in [2.24, 2.45) is 0 Å². The number of anilines is 1. The van der Waals surface area contributed by atoms with Crippen LogP contribution in [0.4, 0.5) is 5.69 Å². The number of benzene rings is 1. The molecule has 0 bridgehead atoms. The predicted molar refractivity (Wildman–Crippen MR) is 76.3 cm³/mol. The summed E-state index contributed by atoms with van der Waals surface area (Å²) in [6.45, 7) is 0.601. The van der Waals surface area contributed by atoms with E-state index >= 15 is 0 Å². The van der Waals surface area contributed by atoms with Gasteiger partial charge in [0.05, 0.1) is 12.8 Å². The van der Waals surface area contributed by atoms with Crippen molar-refractivity contribution < 1.29 is 9.63 Å². The second-order valence-electron chi connectivity index (χ2n) is 4.24. The van der Waals surface area contributed by atoms with Gasteiger partial charge in [-0.15, -0.1) is 0 Å². The molecule has 0 amide bonds. The van der Waals surface area contributed by atoms with E-state index in [2.05, 4.69) is 25.4 Å². The monoisotopic (exact) mass is 283 g/mol. The standard InChI is InChI=1S/C14H13N5O2/c20-8-7-16-11-3-1-10(2-4-11)14-18-13(19-21-14)12-9-15-5-6-17-12/h1-6,9,16,20H,7-8H2. The van der Waals surface area contributed by atoms with Crippen LogP contribution < -0.4 is 5.32 Å². The normalized spacial score (nSPS) is 10.5. The van der Waals surface area contributed by atoms with Crippen molar-refractivity contribution in [3.05, 3.63) is 42.9 Å². The van der Waals surface area contributed by atoms with Gasteiger partial charge in [0, 0.05) is 30.2 Å². The van der Waals surface area contributed by atoms with E-state index in [1.54, 1.807) is 18.6 Å². The lowest BCUT2D eigenvalue weighted by molar-refractivity contribution is 0.311. The zero-order valence-corrected chi connectivity index (χ0v) is 11.1. The molecular weight excluding hydrogens is 270 g/mol. The molecule has 2 N–H and O–H groups in total. The predicted octanol–water partition coefficient (Wildman–Crippen LogP) is 1.60. The molecule has 0 aliphatic carbocycles. The fraction of sp³-hybridized carbons (Fsp3) is 0.143. The third-order valence-corrected chi connectivity index (χ3v) is 2.79. The van der Waals surface area contributed by atoms with Crippen LogP contribution in [0.5, 0.6) is 0 Å². The molecule has 0 radical (unpaired) electrons. The third kappa shape index (κ3) is 3.03. The topological polar surface area (TPSA) is 97.0 Å². The summed E-state index contributed by atoms with van der Waals surface area (Å²) in [5.41, 5.74) is 2.29. The SMILES string of the molecule is OCCNc1ccc(-c2nc(-c3cnccn3)no2)cc1. The number of aromatic nitrogens is 4. The van der Waals surface area contributed by atoms with Crippen LogP contribution in [0.25, 0.3) is 23.0 Å². The van der Waals surface area contributed by atoms with Crippen molar-refractivity contribution in [3.8, 4) is 23.0 Å². The highest BCUT2D eigenvalue weighted by molar-refractivity contribution is 5.60. The Labute approximate surface area is 120 Å². The molecule has 0 atom stereocenters. The van der Waals surface area contributed by atoms with Crippen LogP contribution in [0.1, 0.15) is 0 Å². The average Bonchev–Trinajstić information content (AvgIpc) is 3.04. The van der Waals surface area contributed by atoms with E-state index in [4.69, 9.17) is 9.63 Å². The maximum atomic E-state index is 8.76. The lowest BCUT2D eigenvalue weighted by atomic mass is 10.2. The summed E-state index contributed by atoms with van der Waals surface area (Å²) in [4.78, 5) is 12.4. The van der Waals surface area contributed by atoms with Crippen LogP contribution in [-0.4, -0.2) is 38.4 Å². The van der Waals surface area contributed by atoms with Gasteiger partial charge in [0.1, 0.15) is 5.69 Å². The number of hydrogen-bond donors (Lipinski definition) is 2. The summed E-state index contributed by atoms with van der Waals surface area (Å²) in [5, 5.41) is 15.7. The van der Waals surface area contributed by atoms with Gasteiger partial charge in [-0.2, -0.15) is 4.98 Å². The van der Waals surface area contributed by atoms with Gasteiger partial charge in [0.2, 0.25) is 5.82 Å². The molecule has 106 valence electrons. The average molecular weight is 283 g/mol. The second kappa shape index (κ2) is 6.10. The maximum Gasteiger partial charge on any atom is 0.258 e. The smallest absolute Gasteiger partial charge is 0.258 e. The lowest BCUT2D eigenvalue weighted by Gasteiger charge is -2.03. The molecule has 1 aromatic carbocycles. The van der Waals surface area contributed by atoms with E-state index in [-0.39, 0.29) is 6.61 Å². The highest BCUT2D eigenvalue weighted by Crippen LogP contribution is 2.22. The Kier molecular flexibility index (Phi) is 3.83. The quantitative estimate of drug-likeness (QED) is 0.734. The van der Waals surface area contributed by atoms with Gasteiger partial charge in [-0.3, -0.25) is 4.98 Å². The zero-order chi connectivity index (χ0) is 14.5. The highest BCUT2D eigenvalue weighted by Gasteiger charge is 2.11. The van der Waals surface area contributed by atoms with Crippen LogP contribution in [0.15, 0.2) is 47.4 Å². The highest BCUT2D eigenvalue weighted by atomic mass is 16.5. The van der Waals surface area contributed by atoms with Gasteiger partial charge in [-0.25, -0.2) is 4.98 Å². The minimum absolute atomic E-state index is 0.0902. The number of aliphatic hydroxyl groups is 1. The maximum absolute atomic E-state index is 8.76. The van der Waals surface area contributed by atoms with E-state index in [1.165, 1.54) is 0 Å². The van der Waals surface area contributed by atoms with Crippen LogP contribution in [0, 0.1) is 0 Å². The first kappa shape index (κ1) is 13.2. The molecule has 3 aromatic rings.